The fraction of sp³-hybridized carbons (Fsp3) is 0.947. The number of nitrogens with zero attached hydrogens (tertiary/aromatic N) is 1. The normalized spacial score (nSPS) is 28.0. The molecule has 2 amide bonds. The molecule has 5 nitrogen and oxygen atoms in total. The van der Waals surface area contributed by atoms with Crippen molar-refractivity contribution in [3.63, 3.8) is 0 Å². The van der Waals surface area contributed by atoms with E-state index in [1.807, 2.05) is 0 Å². The van der Waals surface area contributed by atoms with E-state index >= 15 is 0 Å². The van der Waals surface area contributed by atoms with Crippen molar-refractivity contribution in [2.45, 2.75) is 96.4 Å². The zero-order valence-electron chi connectivity index (χ0n) is 16.1. The molecule has 5 heteroatoms. The summed E-state index contributed by atoms with van der Waals surface area (Å²) in [4.78, 5) is 14.7. The van der Waals surface area contributed by atoms with Gasteiger partial charge in [0.15, 0.2) is 0 Å². The molecule has 1 heterocycles. The molecule has 1 aliphatic carbocycles. The molecule has 0 spiro atoms. The Morgan fingerprint density at radius 3 is 2.17 bits per heavy atom. The highest BCUT2D eigenvalue weighted by Crippen LogP contribution is 2.21. The highest BCUT2D eigenvalue weighted by atomic mass is 16.5. The van der Waals surface area contributed by atoms with Gasteiger partial charge in [-0.3, -0.25) is 4.90 Å². The van der Waals surface area contributed by atoms with Gasteiger partial charge < -0.3 is 15.4 Å². The molecule has 1 saturated heterocycles. The van der Waals surface area contributed by atoms with Crippen LogP contribution in [-0.4, -0.2) is 54.4 Å². The number of hydrogen-bond donors (Lipinski definition) is 2. The van der Waals surface area contributed by atoms with E-state index in [4.69, 9.17) is 4.74 Å². The minimum absolute atomic E-state index is 0.0111. The van der Waals surface area contributed by atoms with Crippen LogP contribution in [-0.2, 0) is 4.74 Å². The number of morpholine rings is 1. The monoisotopic (exact) mass is 339 g/mol. The molecule has 0 aromatic heterocycles. The zero-order valence-corrected chi connectivity index (χ0v) is 16.1. The minimum Gasteiger partial charge on any atom is -0.373 e. The van der Waals surface area contributed by atoms with Gasteiger partial charge in [-0.15, -0.1) is 0 Å². The number of rotatable bonds is 4. The Morgan fingerprint density at radius 2 is 1.58 bits per heavy atom. The second-order valence-electron chi connectivity index (χ2n) is 8.34. The molecule has 1 aliphatic heterocycles. The maximum atomic E-state index is 12.3. The third-order valence-electron chi connectivity index (χ3n) is 5.40. The number of ether oxygens (including phenoxy) is 1. The SMILES string of the molecule is C[C@@H]1CN(C(C)(C)CNC(=O)NC2CCCCCCC2)C[C@@H](C)O1. The lowest BCUT2D eigenvalue weighted by molar-refractivity contribution is -0.0947. The number of amides is 2. The van der Waals surface area contributed by atoms with E-state index in [2.05, 4.69) is 43.2 Å². The average Bonchev–Trinajstić information content (AvgIpc) is 2.47. The van der Waals surface area contributed by atoms with Gasteiger partial charge in [0.1, 0.15) is 0 Å². The standard InChI is InChI=1S/C19H37N3O2/c1-15-12-22(13-16(2)24-15)19(3,4)14-20-18(23)21-17-10-8-6-5-7-9-11-17/h15-17H,5-14H2,1-4H3,(H2,20,21,23)/t15-,16-/m1/s1. The topological polar surface area (TPSA) is 53.6 Å². The molecule has 2 fully saturated rings. The molecule has 0 aromatic carbocycles. The number of urea groups is 1. The van der Waals surface area contributed by atoms with Gasteiger partial charge >= 0.3 is 6.03 Å². The number of carbonyl (C=O) groups is 1. The second kappa shape index (κ2) is 9.04. The largest absolute Gasteiger partial charge is 0.373 e. The summed E-state index contributed by atoms with van der Waals surface area (Å²) in [6.45, 7) is 11.1. The highest BCUT2D eigenvalue weighted by molar-refractivity contribution is 5.74. The van der Waals surface area contributed by atoms with E-state index < -0.39 is 0 Å². The Kier molecular flexibility index (Phi) is 7.35. The first-order valence-corrected chi connectivity index (χ1v) is 9.82. The Bertz CT molecular complexity index is 382. The lowest BCUT2D eigenvalue weighted by Gasteiger charge is -2.45. The molecule has 0 unspecified atom stereocenters. The van der Waals surface area contributed by atoms with E-state index in [1.54, 1.807) is 0 Å². The number of nitrogens with one attached hydrogen (secondary N) is 2. The molecule has 0 bridgehead atoms. The molecule has 2 atom stereocenters. The smallest absolute Gasteiger partial charge is 0.315 e. The molecule has 2 N–H and O–H groups in total. The Morgan fingerprint density at radius 1 is 1.04 bits per heavy atom. The van der Waals surface area contributed by atoms with Gasteiger partial charge in [-0.2, -0.15) is 0 Å². The van der Waals surface area contributed by atoms with Crippen molar-refractivity contribution in [3.8, 4) is 0 Å². The van der Waals surface area contributed by atoms with Crippen molar-refractivity contribution in [1.29, 1.82) is 0 Å². The van der Waals surface area contributed by atoms with Crippen molar-refractivity contribution in [2.75, 3.05) is 19.6 Å². The van der Waals surface area contributed by atoms with Crippen LogP contribution in [0.25, 0.3) is 0 Å². The van der Waals surface area contributed by atoms with Crippen molar-refractivity contribution < 1.29 is 9.53 Å². The van der Waals surface area contributed by atoms with Crippen LogP contribution < -0.4 is 10.6 Å². The number of carbonyl (C=O) groups excluding carboxylic acids is 1. The van der Waals surface area contributed by atoms with E-state index in [1.165, 1.54) is 32.1 Å². The summed E-state index contributed by atoms with van der Waals surface area (Å²) in [6, 6.07) is 0.333. The summed E-state index contributed by atoms with van der Waals surface area (Å²) >= 11 is 0. The van der Waals surface area contributed by atoms with Crippen molar-refractivity contribution in [2.24, 2.45) is 0 Å². The first kappa shape index (κ1) is 19.5. The van der Waals surface area contributed by atoms with Crippen molar-refractivity contribution in [1.82, 2.24) is 15.5 Å². The van der Waals surface area contributed by atoms with Crippen LogP contribution in [0.15, 0.2) is 0 Å². The molecular weight excluding hydrogens is 302 g/mol. The molecule has 1 saturated carbocycles. The van der Waals surface area contributed by atoms with Gasteiger partial charge in [-0.05, 0) is 40.5 Å². The summed E-state index contributed by atoms with van der Waals surface area (Å²) in [7, 11) is 0. The van der Waals surface area contributed by atoms with Crippen LogP contribution in [0.5, 0.6) is 0 Å². The van der Waals surface area contributed by atoms with Crippen LogP contribution in [0, 0.1) is 0 Å². The molecule has 0 aromatic rings. The molecule has 24 heavy (non-hydrogen) atoms. The van der Waals surface area contributed by atoms with Crippen molar-refractivity contribution in [3.05, 3.63) is 0 Å². The Balaban J connectivity index is 1.76. The Labute approximate surface area is 147 Å². The van der Waals surface area contributed by atoms with Gasteiger partial charge in [0.05, 0.1) is 12.2 Å². The van der Waals surface area contributed by atoms with Gasteiger partial charge in [0.2, 0.25) is 0 Å². The van der Waals surface area contributed by atoms with E-state index in [0.717, 1.165) is 25.9 Å². The summed E-state index contributed by atoms with van der Waals surface area (Å²) in [5, 5.41) is 6.29. The molecule has 2 rings (SSSR count). The fourth-order valence-corrected chi connectivity index (χ4v) is 3.92. The number of hydrogen-bond acceptors (Lipinski definition) is 3. The summed E-state index contributed by atoms with van der Waals surface area (Å²) in [5.41, 5.74) is -0.0649. The summed E-state index contributed by atoms with van der Waals surface area (Å²) in [5.74, 6) is 0. The van der Waals surface area contributed by atoms with E-state index in [-0.39, 0.29) is 23.8 Å². The first-order chi connectivity index (χ1) is 11.4. The highest BCUT2D eigenvalue weighted by Gasteiger charge is 2.33. The van der Waals surface area contributed by atoms with Crippen LogP contribution in [0.3, 0.4) is 0 Å². The maximum Gasteiger partial charge on any atom is 0.315 e. The Hall–Kier alpha value is -0.810. The van der Waals surface area contributed by atoms with Crippen LogP contribution in [0.2, 0.25) is 0 Å². The molecular formula is C19H37N3O2. The average molecular weight is 340 g/mol. The summed E-state index contributed by atoms with van der Waals surface area (Å²) in [6.07, 6.45) is 9.17. The van der Waals surface area contributed by atoms with Crippen LogP contribution in [0.4, 0.5) is 4.79 Å². The van der Waals surface area contributed by atoms with Crippen LogP contribution >= 0.6 is 0 Å². The van der Waals surface area contributed by atoms with Gasteiger partial charge in [0, 0.05) is 31.2 Å². The van der Waals surface area contributed by atoms with Gasteiger partial charge in [-0.1, -0.05) is 32.1 Å². The third-order valence-corrected chi connectivity index (χ3v) is 5.40. The van der Waals surface area contributed by atoms with Crippen LogP contribution in [0.1, 0.15) is 72.6 Å². The van der Waals surface area contributed by atoms with E-state index in [0.29, 0.717) is 12.6 Å². The molecule has 2 aliphatic rings. The van der Waals surface area contributed by atoms with E-state index in [9.17, 15) is 4.79 Å². The maximum absolute atomic E-state index is 12.3. The molecule has 0 radical (unpaired) electrons. The molecule has 140 valence electrons. The predicted molar refractivity (Wildman–Crippen MR) is 98.3 cm³/mol. The van der Waals surface area contributed by atoms with Gasteiger partial charge in [-0.25, -0.2) is 4.79 Å². The zero-order chi connectivity index (χ0) is 17.6. The minimum atomic E-state index is -0.0649. The lowest BCUT2D eigenvalue weighted by atomic mass is 9.97. The van der Waals surface area contributed by atoms with Crippen molar-refractivity contribution >= 4 is 6.03 Å². The second-order valence-corrected chi connectivity index (χ2v) is 8.34. The predicted octanol–water partition coefficient (Wildman–Crippen LogP) is 3.29. The lowest BCUT2D eigenvalue weighted by Crippen LogP contribution is -2.59. The first-order valence-electron chi connectivity index (χ1n) is 9.82. The van der Waals surface area contributed by atoms with Gasteiger partial charge in [0.25, 0.3) is 0 Å². The fourth-order valence-electron chi connectivity index (χ4n) is 3.92. The summed E-state index contributed by atoms with van der Waals surface area (Å²) < 4.78 is 5.82. The quantitative estimate of drug-likeness (QED) is 0.826. The third kappa shape index (κ3) is 6.25.